The minimum Gasteiger partial charge on any atom is -0.495 e. The van der Waals surface area contributed by atoms with E-state index in [0.29, 0.717) is 6.04 Å². The summed E-state index contributed by atoms with van der Waals surface area (Å²) < 4.78 is 11.1. The van der Waals surface area contributed by atoms with E-state index < -0.39 is 0 Å². The maximum absolute atomic E-state index is 5.99. The number of nitrogens with one attached hydrogen (secondary N) is 1. The van der Waals surface area contributed by atoms with E-state index >= 15 is 0 Å². The Morgan fingerprint density at radius 3 is 2.79 bits per heavy atom. The first kappa shape index (κ1) is 14.1. The Hall–Kier alpha value is -1.29. The smallest absolute Gasteiger partial charge is 0.137 e. The monoisotopic (exact) mass is 264 g/mol. The summed E-state index contributed by atoms with van der Waals surface area (Å²) in [5.41, 5.74) is 0.0440. The van der Waals surface area contributed by atoms with Crippen LogP contribution in [0.5, 0.6) is 5.75 Å². The predicted octanol–water partition coefficient (Wildman–Crippen LogP) is 3.24. The summed E-state index contributed by atoms with van der Waals surface area (Å²) in [5.74, 6) is 1.70. The largest absolute Gasteiger partial charge is 0.495 e. The summed E-state index contributed by atoms with van der Waals surface area (Å²) in [5, 5.41) is 3.51. The zero-order chi connectivity index (χ0) is 13.7. The van der Waals surface area contributed by atoms with Crippen molar-refractivity contribution in [2.75, 3.05) is 19.0 Å². The first-order valence-corrected chi connectivity index (χ1v) is 7.12. The Bertz CT molecular complexity index is 388. The summed E-state index contributed by atoms with van der Waals surface area (Å²) in [6.45, 7) is 5.24. The van der Waals surface area contributed by atoms with Gasteiger partial charge in [-0.2, -0.15) is 0 Å². The van der Waals surface area contributed by atoms with Gasteiger partial charge in [0.25, 0.3) is 0 Å². The number of methoxy groups -OCH3 is 1. The van der Waals surface area contributed by atoms with Crippen molar-refractivity contribution in [2.45, 2.75) is 51.2 Å². The van der Waals surface area contributed by atoms with Crippen molar-refractivity contribution in [3.63, 3.8) is 0 Å². The predicted molar refractivity (Wildman–Crippen MR) is 76.7 cm³/mol. The molecule has 1 aromatic rings. The molecular formula is C15H24N2O2. The molecule has 1 atom stereocenters. The number of rotatable bonds is 5. The molecule has 0 bridgehead atoms. The van der Waals surface area contributed by atoms with Crippen LogP contribution >= 0.6 is 0 Å². The fraction of sp³-hybridized carbons (Fsp3) is 0.667. The zero-order valence-electron chi connectivity index (χ0n) is 12.1. The highest BCUT2D eigenvalue weighted by Crippen LogP contribution is 2.32. The van der Waals surface area contributed by atoms with Crippen molar-refractivity contribution in [3.8, 4) is 5.75 Å². The summed E-state index contributed by atoms with van der Waals surface area (Å²) in [4.78, 5) is 4.37. The number of pyridine rings is 1. The highest BCUT2D eigenvalue weighted by atomic mass is 16.5. The molecule has 0 saturated carbocycles. The molecule has 2 rings (SSSR count). The molecule has 1 unspecified atom stereocenters. The lowest BCUT2D eigenvalue weighted by molar-refractivity contribution is -0.0864. The van der Waals surface area contributed by atoms with Gasteiger partial charge in [0.05, 0.1) is 18.9 Å². The molecule has 4 nitrogen and oxygen atoms in total. The number of ether oxygens (including phenoxy) is 2. The van der Waals surface area contributed by atoms with Crippen molar-refractivity contribution in [1.29, 1.82) is 0 Å². The van der Waals surface area contributed by atoms with Crippen LogP contribution in [0.2, 0.25) is 0 Å². The van der Waals surface area contributed by atoms with Crippen LogP contribution in [-0.4, -0.2) is 30.3 Å². The third-order valence-electron chi connectivity index (χ3n) is 4.11. The molecule has 1 aliphatic heterocycles. The summed E-state index contributed by atoms with van der Waals surface area (Å²) >= 11 is 0. The van der Waals surface area contributed by atoms with Gasteiger partial charge in [-0.25, -0.2) is 4.98 Å². The SMILES string of the molecule is CCC1(CC)CC(Nc2ccc(OC)cn2)CCO1. The second-order valence-electron chi connectivity index (χ2n) is 5.16. The Balaban J connectivity index is 1.98. The molecule has 106 valence electrons. The fourth-order valence-electron chi connectivity index (χ4n) is 2.69. The van der Waals surface area contributed by atoms with Gasteiger partial charge >= 0.3 is 0 Å². The van der Waals surface area contributed by atoms with Gasteiger partial charge in [-0.15, -0.1) is 0 Å². The highest BCUT2D eigenvalue weighted by molar-refractivity contribution is 5.38. The van der Waals surface area contributed by atoms with Crippen LogP contribution in [0.1, 0.15) is 39.5 Å². The second kappa shape index (κ2) is 6.24. The minimum atomic E-state index is 0.0440. The fourth-order valence-corrected chi connectivity index (χ4v) is 2.69. The van der Waals surface area contributed by atoms with Crippen LogP contribution in [0.4, 0.5) is 5.82 Å². The van der Waals surface area contributed by atoms with Crippen LogP contribution in [0.3, 0.4) is 0 Å². The van der Waals surface area contributed by atoms with Crippen molar-refractivity contribution < 1.29 is 9.47 Å². The topological polar surface area (TPSA) is 43.4 Å². The standard InChI is InChI=1S/C15H24N2O2/c1-4-15(5-2)10-12(8-9-19-15)17-14-7-6-13(18-3)11-16-14/h6-7,11-12H,4-5,8-10H2,1-3H3,(H,16,17). The molecule has 1 N–H and O–H groups in total. The third-order valence-corrected chi connectivity index (χ3v) is 4.11. The van der Waals surface area contributed by atoms with E-state index in [9.17, 15) is 0 Å². The van der Waals surface area contributed by atoms with Gasteiger partial charge in [0.2, 0.25) is 0 Å². The minimum absolute atomic E-state index is 0.0440. The lowest BCUT2D eigenvalue weighted by atomic mass is 9.86. The van der Waals surface area contributed by atoms with Crippen LogP contribution in [0, 0.1) is 0 Å². The Kier molecular flexibility index (Phi) is 4.64. The summed E-state index contributed by atoms with van der Waals surface area (Å²) in [6.07, 6.45) is 5.97. The van der Waals surface area contributed by atoms with E-state index in [1.165, 1.54) is 0 Å². The number of nitrogens with zero attached hydrogens (tertiary/aromatic N) is 1. The first-order valence-electron chi connectivity index (χ1n) is 7.12. The first-order chi connectivity index (χ1) is 9.21. The van der Waals surface area contributed by atoms with Gasteiger partial charge in [0.15, 0.2) is 0 Å². The molecule has 0 spiro atoms. The van der Waals surface area contributed by atoms with Gasteiger partial charge in [0, 0.05) is 12.6 Å². The number of anilines is 1. The van der Waals surface area contributed by atoms with E-state index in [1.807, 2.05) is 12.1 Å². The normalized spacial score (nSPS) is 21.9. The summed E-state index contributed by atoms with van der Waals surface area (Å²) in [6, 6.07) is 4.34. The average Bonchev–Trinajstić information content (AvgIpc) is 2.48. The quantitative estimate of drug-likeness (QED) is 0.886. The molecule has 0 amide bonds. The van der Waals surface area contributed by atoms with Crippen LogP contribution < -0.4 is 10.1 Å². The molecule has 0 aromatic carbocycles. The maximum atomic E-state index is 5.99. The number of hydrogen-bond acceptors (Lipinski definition) is 4. The number of aromatic nitrogens is 1. The number of hydrogen-bond donors (Lipinski definition) is 1. The average molecular weight is 264 g/mol. The van der Waals surface area contributed by atoms with Gasteiger partial charge in [-0.1, -0.05) is 13.8 Å². The van der Waals surface area contributed by atoms with Crippen molar-refractivity contribution >= 4 is 5.82 Å². The Morgan fingerprint density at radius 2 is 2.21 bits per heavy atom. The van der Waals surface area contributed by atoms with Gasteiger partial charge in [-0.05, 0) is 37.8 Å². The van der Waals surface area contributed by atoms with Gasteiger partial charge in [0.1, 0.15) is 11.6 Å². The van der Waals surface area contributed by atoms with E-state index in [2.05, 4.69) is 24.1 Å². The van der Waals surface area contributed by atoms with E-state index in [1.54, 1.807) is 13.3 Å². The molecule has 4 heteroatoms. The Labute approximate surface area is 115 Å². The van der Waals surface area contributed by atoms with E-state index in [-0.39, 0.29) is 5.60 Å². The van der Waals surface area contributed by atoms with E-state index in [4.69, 9.17) is 9.47 Å². The molecule has 19 heavy (non-hydrogen) atoms. The summed E-state index contributed by atoms with van der Waals surface area (Å²) in [7, 11) is 1.65. The molecule has 1 saturated heterocycles. The molecule has 1 aromatic heterocycles. The molecule has 0 aliphatic carbocycles. The van der Waals surface area contributed by atoms with Crippen LogP contribution in [-0.2, 0) is 4.74 Å². The van der Waals surface area contributed by atoms with Gasteiger partial charge in [-0.3, -0.25) is 0 Å². The van der Waals surface area contributed by atoms with E-state index in [0.717, 1.165) is 43.9 Å². The highest BCUT2D eigenvalue weighted by Gasteiger charge is 2.34. The second-order valence-corrected chi connectivity index (χ2v) is 5.16. The maximum Gasteiger partial charge on any atom is 0.137 e. The van der Waals surface area contributed by atoms with Crippen LogP contribution in [0.15, 0.2) is 18.3 Å². The zero-order valence-corrected chi connectivity index (χ0v) is 12.1. The van der Waals surface area contributed by atoms with Crippen molar-refractivity contribution in [3.05, 3.63) is 18.3 Å². The Morgan fingerprint density at radius 1 is 1.42 bits per heavy atom. The molecule has 0 radical (unpaired) electrons. The third kappa shape index (κ3) is 3.38. The molecule has 1 fully saturated rings. The van der Waals surface area contributed by atoms with Gasteiger partial charge < -0.3 is 14.8 Å². The lowest BCUT2D eigenvalue weighted by Crippen LogP contribution is -2.43. The van der Waals surface area contributed by atoms with Crippen molar-refractivity contribution in [1.82, 2.24) is 4.98 Å². The van der Waals surface area contributed by atoms with Crippen molar-refractivity contribution in [2.24, 2.45) is 0 Å². The molecule has 2 heterocycles. The lowest BCUT2D eigenvalue weighted by Gasteiger charge is -2.40. The molecular weight excluding hydrogens is 240 g/mol. The van der Waals surface area contributed by atoms with Crippen LogP contribution in [0.25, 0.3) is 0 Å². The molecule has 1 aliphatic rings.